The highest BCUT2D eigenvalue weighted by molar-refractivity contribution is 6.31. The summed E-state index contributed by atoms with van der Waals surface area (Å²) in [6, 6.07) is 5.36. The van der Waals surface area contributed by atoms with Crippen LogP contribution < -0.4 is 4.74 Å². The van der Waals surface area contributed by atoms with Gasteiger partial charge < -0.3 is 9.84 Å². The van der Waals surface area contributed by atoms with Crippen molar-refractivity contribution >= 4 is 17.6 Å². The van der Waals surface area contributed by atoms with E-state index in [0.717, 1.165) is 5.56 Å². The van der Waals surface area contributed by atoms with Crippen molar-refractivity contribution in [2.24, 2.45) is 0 Å². The average Bonchev–Trinajstić information content (AvgIpc) is 2.49. The summed E-state index contributed by atoms with van der Waals surface area (Å²) in [4.78, 5) is 10.6. The van der Waals surface area contributed by atoms with Crippen LogP contribution >= 0.6 is 11.6 Å². The summed E-state index contributed by atoms with van der Waals surface area (Å²) in [7, 11) is 0. The van der Waals surface area contributed by atoms with Crippen molar-refractivity contribution in [2.45, 2.75) is 12.3 Å². The van der Waals surface area contributed by atoms with E-state index in [1.165, 1.54) is 0 Å². The normalized spacial score (nSPS) is 18.8. The summed E-state index contributed by atoms with van der Waals surface area (Å²) in [5.41, 5.74) is 0.830. The van der Waals surface area contributed by atoms with Gasteiger partial charge in [-0.2, -0.15) is 0 Å². The highest BCUT2D eigenvalue weighted by atomic mass is 35.5. The van der Waals surface area contributed by atoms with Crippen molar-refractivity contribution in [1.29, 1.82) is 0 Å². The third kappa shape index (κ3) is 1.55. The van der Waals surface area contributed by atoms with Crippen LogP contribution in [0.3, 0.4) is 0 Å². The molecule has 1 unspecified atom stereocenters. The molecule has 1 heterocycles. The summed E-state index contributed by atoms with van der Waals surface area (Å²) in [5.74, 6) is -0.230. The maximum absolute atomic E-state index is 10.6. The summed E-state index contributed by atoms with van der Waals surface area (Å²) < 4.78 is 5.34. The Morgan fingerprint density at radius 2 is 2.43 bits per heavy atom. The molecule has 0 amide bonds. The average molecular weight is 213 g/mol. The Balaban J connectivity index is 2.33. The highest BCUT2D eigenvalue weighted by Crippen LogP contribution is 2.40. The van der Waals surface area contributed by atoms with Crippen LogP contribution in [0.2, 0.25) is 5.02 Å². The minimum absolute atomic E-state index is 0.0662. The number of hydrogen-bond acceptors (Lipinski definition) is 2. The third-order valence-electron chi connectivity index (χ3n) is 2.28. The highest BCUT2D eigenvalue weighted by Gasteiger charge is 2.28. The molecule has 74 valence electrons. The first-order valence-electron chi connectivity index (χ1n) is 4.31. The van der Waals surface area contributed by atoms with Crippen LogP contribution in [-0.4, -0.2) is 17.7 Å². The zero-order valence-electron chi connectivity index (χ0n) is 7.37. The van der Waals surface area contributed by atoms with Gasteiger partial charge in [-0.3, -0.25) is 4.79 Å². The molecule has 0 spiro atoms. The fourth-order valence-corrected chi connectivity index (χ4v) is 2.00. The maximum atomic E-state index is 10.6. The molecule has 1 aliphatic heterocycles. The van der Waals surface area contributed by atoms with E-state index in [9.17, 15) is 4.79 Å². The molecule has 1 aliphatic rings. The number of carboxylic acids is 1. The van der Waals surface area contributed by atoms with Gasteiger partial charge >= 0.3 is 5.97 Å². The molecule has 0 bridgehead atoms. The Morgan fingerprint density at radius 3 is 3.14 bits per heavy atom. The SMILES string of the molecule is O=C(O)CC1COc2cccc(Cl)c21. The van der Waals surface area contributed by atoms with E-state index in [4.69, 9.17) is 21.4 Å². The van der Waals surface area contributed by atoms with E-state index in [2.05, 4.69) is 0 Å². The van der Waals surface area contributed by atoms with E-state index in [0.29, 0.717) is 17.4 Å². The van der Waals surface area contributed by atoms with Crippen LogP contribution in [0.4, 0.5) is 0 Å². The number of benzene rings is 1. The second-order valence-corrected chi connectivity index (χ2v) is 3.66. The molecule has 3 nitrogen and oxygen atoms in total. The monoisotopic (exact) mass is 212 g/mol. The van der Waals surface area contributed by atoms with Gasteiger partial charge in [-0.05, 0) is 12.1 Å². The van der Waals surface area contributed by atoms with Gasteiger partial charge in [0.2, 0.25) is 0 Å². The van der Waals surface area contributed by atoms with Gasteiger partial charge in [0.1, 0.15) is 5.75 Å². The number of rotatable bonds is 2. The molecule has 1 aromatic carbocycles. The molecule has 14 heavy (non-hydrogen) atoms. The third-order valence-corrected chi connectivity index (χ3v) is 2.61. The second-order valence-electron chi connectivity index (χ2n) is 3.26. The summed E-state index contributed by atoms with van der Waals surface area (Å²) >= 11 is 5.97. The van der Waals surface area contributed by atoms with Crippen LogP contribution in [0.5, 0.6) is 5.75 Å². The fourth-order valence-electron chi connectivity index (χ4n) is 1.68. The Labute approximate surface area is 86.3 Å². The first kappa shape index (κ1) is 9.34. The van der Waals surface area contributed by atoms with Crippen molar-refractivity contribution in [2.75, 3.05) is 6.61 Å². The fraction of sp³-hybridized carbons (Fsp3) is 0.300. The predicted molar refractivity (Wildman–Crippen MR) is 51.9 cm³/mol. The first-order valence-corrected chi connectivity index (χ1v) is 4.69. The van der Waals surface area contributed by atoms with Crippen LogP contribution in [0.1, 0.15) is 17.9 Å². The standard InChI is InChI=1S/C10H9ClO3/c11-7-2-1-3-8-10(7)6(5-14-8)4-9(12)13/h1-3,6H,4-5H2,(H,12,13). The zero-order chi connectivity index (χ0) is 10.1. The number of ether oxygens (including phenoxy) is 1. The first-order chi connectivity index (χ1) is 6.68. The van der Waals surface area contributed by atoms with E-state index in [1.54, 1.807) is 12.1 Å². The molecule has 0 aliphatic carbocycles. The van der Waals surface area contributed by atoms with Crippen LogP contribution in [0, 0.1) is 0 Å². The number of halogens is 1. The van der Waals surface area contributed by atoms with E-state index in [-0.39, 0.29) is 12.3 Å². The van der Waals surface area contributed by atoms with E-state index in [1.807, 2.05) is 6.07 Å². The van der Waals surface area contributed by atoms with Gasteiger partial charge in [0, 0.05) is 16.5 Å². The number of hydrogen-bond donors (Lipinski definition) is 1. The predicted octanol–water partition coefficient (Wildman–Crippen LogP) is 2.29. The summed E-state index contributed by atoms with van der Waals surface area (Å²) in [5, 5.41) is 9.28. The minimum atomic E-state index is -0.827. The lowest BCUT2D eigenvalue weighted by Gasteiger charge is -2.06. The molecule has 0 fully saturated rings. The van der Waals surface area contributed by atoms with Crippen LogP contribution in [0.15, 0.2) is 18.2 Å². The quantitative estimate of drug-likeness (QED) is 0.818. The van der Waals surface area contributed by atoms with Gasteiger partial charge in [0.15, 0.2) is 0 Å². The second kappa shape index (κ2) is 3.50. The van der Waals surface area contributed by atoms with Crippen molar-refractivity contribution in [3.05, 3.63) is 28.8 Å². The van der Waals surface area contributed by atoms with Crippen LogP contribution in [-0.2, 0) is 4.79 Å². The summed E-state index contributed by atoms with van der Waals surface area (Å²) in [6.45, 7) is 0.408. The van der Waals surface area contributed by atoms with E-state index < -0.39 is 5.97 Å². The molecule has 0 saturated carbocycles. The molecule has 1 N–H and O–H groups in total. The van der Waals surface area contributed by atoms with Crippen LogP contribution in [0.25, 0.3) is 0 Å². The Kier molecular flexibility index (Phi) is 2.33. The lowest BCUT2D eigenvalue weighted by atomic mass is 9.98. The lowest BCUT2D eigenvalue weighted by molar-refractivity contribution is -0.137. The minimum Gasteiger partial charge on any atom is -0.493 e. The number of carbonyl (C=O) groups is 1. The number of fused-ring (bicyclic) bond motifs is 1. The number of carboxylic acid groups (broad SMARTS) is 1. The van der Waals surface area contributed by atoms with Crippen molar-refractivity contribution in [1.82, 2.24) is 0 Å². The molecule has 0 aromatic heterocycles. The zero-order valence-corrected chi connectivity index (χ0v) is 8.12. The topological polar surface area (TPSA) is 46.5 Å². The van der Waals surface area contributed by atoms with Gasteiger partial charge in [-0.1, -0.05) is 17.7 Å². The molecular weight excluding hydrogens is 204 g/mol. The summed E-state index contributed by atoms with van der Waals surface area (Å²) in [6.07, 6.45) is 0.0662. The molecule has 1 atom stereocenters. The van der Waals surface area contributed by atoms with Crippen molar-refractivity contribution < 1.29 is 14.6 Å². The molecule has 1 aromatic rings. The molecule has 0 radical (unpaired) electrons. The Hall–Kier alpha value is -1.22. The van der Waals surface area contributed by atoms with Gasteiger partial charge in [-0.25, -0.2) is 0 Å². The Bertz CT molecular complexity index is 376. The van der Waals surface area contributed by atoms with Gasteiger partial charge in [0.05, 0.1) is 13.0 Å². The van der Waals surface area contributed by atoms with Gasteiger partial charge in [-0.15, -0.1) is 0 Å². The number of aliphatic carboxylic acids is 1. The molecular formula is C10H9ClO3. The van der Waals surface area contributed by atoms with Crippen molar-refractivity contribution in [3.63, 3.8) is 0 Å². The van der Waals surface area contributed by atoms with Gasteiger partial charge in [0.25, 0.3) is 0 Å². The Morgan fingerprint density at radius 1 is 1.64 bits per heavy atom. The van der Waals surface area contributed by atoms with Crippen molar-refractivity contribution in [3.8, 4) is 5.75 Å². The largest absolute Gasteiger partial charge is 0.493 e. The lowest BCUT2D eigenvalue weighted by Crippen LogP contribution is -2.07. The maximum Gasteiger partial charge on any atom is 0.304 e. The van der Waals surface area contributed by atoms with E-state index >= 15 is 0 Å². The molecule has 4 heteroatoms. The molecule has 2 rings (SSSR count). The molecule has 0 saturated heterocycles. The smallest absolute Gasteiger partial charge is 0.304 e.